The van der Waals surface area contributed by atoms with Crippen LogP contribution in [0.2, 0.25) is 0 Å². The molecule has 6 heteroatoms. The van der Waals surface area contributed by atoms with E-state index in [1.807, 2.05) is 29.2 Å². The van der Waals surface area contributed by atoms with Crippen LogP contribution in [0.5, 0.6) is 11.5 Å². The quantitative estimate of drug-likeness (QED) is 0.811. The molecule has 1 amide bonds. The van der Waals surface area contributed by atoms with Gasteiger partial charge in [0, 0.05) is 32.7 Å². The number of aliphatic hydroxyl groups excluding tert-OH is 1. The Labute approximate surface area is 137 Å². The second-order valence-electron chi connectivity index (χ2n) is 5.78. The fraction of sp³-hybridized carbons (Fsp3) is 0.588. The summed E-state index contributed by atoms with van der Waals surface area (Å²) in [6.07, 6.45) is 0.0283. The Bertz CT molecular complexity index is 499. The number of ether oxygens (including phenoxy) is 2. The van der Waals surface area contributed by atoms with Crippen molar-refractivity contribution in [2.45, 2.75) is 19.4 Å². The van der Waals surface area contributed by atoms with Gasteiger partial charge in [0.05, 0.1) is 26.2 Å². The topological polar surface area (TPSA) is 62.2 Å². The van der Waals surface area contributed by atoms with Crippen LogP contribution in [0, 0.1) is 0 Å². The van der Waals surface area contributed by atoms with Gasteiger partial charge in [0.2, 0.25) is 5.91 Å². The van der Waals surface area contributed by atoms with Crippen LogP contribution in [0.3, 0.4) is 0 Å². The van der Waals surface area contributed by atoms with E-state index in [9.17, 15) is 9.90 Å². The van der Waals surface area contributed by atoms with Crippen molar-refractivity contribution in [3.63, 3.8) is 0 Å². The molecule has 1 aromatic rings. The molecule has 0 radical (unpaired) electrons. The molecule has 2 rings (SSSR count). The molecule has 1 fully saturated rings. The Hall–Kier alpha value is -1.79. The number of carbonyl (C=O) groups is 1. The van der Waals surface area contributed by atoms with Gasteiger partial charge in [-0.1, -0.05) is 12.1 Å². The van der Waals surface area contributed by atoms with Gasteiger partial charge >= 0.3 is 0 Å². The van der Waals surface area contributed by atoms with E-state index in [1.54, 1.807) is 14.0 Å². The number of rotatable bonds is 7. The minimum Gasteiger partial charge on any atom is -0.493 e. The van der Waals surface area contributed by atoms with Crippen molar-refractivity contribution in [1.82, 2.24) is 9.80 Å². The standard InChI is InChI=1S/C17H26N2O4/c1-14(20)13-18-8-10-19(11-9-18)17(21)7-12-23-16-6-4-3-5-15(16)22-2/h3-6,14,20H,7-13H2,1-2H3. The summed E-state index contributed by atoms with van der Waals surface area (Å²) in [6, 6.07) is 7.42. The normalized spacial score (nSPS) is 16.9. The molecule has 0 bridgehead atoms. The molecular weight excluding hydrogens is 296 g/mol. The molecule has 1 heterocycles. The number of para-hydroxylation sites is 2. The summed E-state index contributed by atoms with van der Waals surface area (Å²) in [5, 5.41) is 9.40. The molecule has 0 saturated carbocycles. The number of aliphatic hydroxyl groups is 1. The highest BCUT2D eigenvalue weighted by Gasteiger charge is 2.21. The second kappa shape index (κ2) is 8.74. The molecule has 1 aliphatic rings. The van der Waals surface area contributed by atoms with Crippen molar-refractivity contribution in [1.29, 1.82) is 0 Å². The van der Waals surface area contributed by atoms with Crippen molar-refractivity contribution in [2.24, 2.45) is 0 Å². The number of nitrogens with zero attached hydrogens (tertiary/aromatic N) is 2. The summed E-state index contributed by atoms with van der Waals surface area (Å²) < 4.78 is 10.9. The molecule has 1 unspecified atom stereocenters. The predicted molar refractivity (Wildman–Crippen MR) is 87.8 cm³/mol. The van der Waals surface area contributed by atoms with E-state index >= 15 is 0 Å². The average molecular weight is 322 g/mol. The zero-order valence-electron chi connectivity index (χ0n) is 13.9. The Morgan fingerprint density at radius 1 is 1.22 bits per heavy atom. The maximum Gasteiger partial charge on any atom is 0.226 e. The lowest BCUT2D eigenvalue weighted by atomic mass is 10.2. The van der Waals surface area contributed by atoms with Crippen LogP contribution in [0.15, 0.2) is 24.3 Å². The van der Waals surface area contributed by atoms with Gasteiger partial charge in [-0.2, -0.15) is 0 Å². The number of methoxy groups -OCH3 is 1. The highest BCUT2D eigenvalue weighted by atomic mass is 16.5. The summed E-state index contributed by atoms with van der Waals surface area (Å²) in [6.45, 7) is 5.83. The van der Waals surface area contributed by atoms with Crippen molar-refractivity contribution in [3.05, 3.63) is 24.3 Å². The molecule has 1 atom stereocenters. The Kier molecular flexibility index (Phi) is 6.67. The summed E-state index contributed by atoms with van der Waals surface area (Å²) in [4.78, 5) is 16.3. The summed E-state index contributed by atoms with van der Waals surface area (Å²) in [5.41, 5.74) is 0. The first-order valence-electron chi connectivity index (χ1n) is 8.04. The molecule has 6 nitrogen and oxygen atoms in total. The van der Waals surface area contributed by atoms with Crippen LogP contribution in [-0.2, 0) is 4.79 Å². The van der Waals surface area contributed by atoms with Crippen LogP contribution in [-0.4, -0.2) is 73.4 Å². The van der Waals surface area contributed by atoms with Gasteiger partial charge < -0.3 is 19.5 Å². The molecule has 1 N–H and O–H groups in total. The van der Waals surface area contributed by atoms with Crippen molar-refractivity contribution < 1.29 is 19.4 Å². The fourth-order valence-electron chi connectivity index (χ4n) is 2.70. The number of carbonyl (C=O) groups excluding carboxylic acids is 1. The maximum atomic E-state index is 12.2. The first-order chi connectivity index (χ1) is 11.1. The molecule has 1 aliphatic heterocycles. The van der Waals surface area contributed by atoms with Crippen LogP contribution in [0.25, 0.3) is 0 Å². The first-order valence-corrected chi connectivity index (χ1v) is 8.04. The lowest BCUT2D eigenvalue weighted by Gasteiger charge is -2.35. The third-order valence-electron chi connectivity index (χ3n) is 3.89. The Morgan fingerprint density at radius 2 is 1.87 bits per heavy atom. The minimum absolute atomic E-state index is 0.108. The summed E-state index contributed by atoms with van der Waals surface area (Å²) in [5.74, 6) is 1.44. The highest BCUT2D eigenvalue weighted by Crippen LogP contribution is 2.25. The van der Waals surface area contributed by atoms with E-state index in [4.69, 9.17) is 9.47 Å². The van der Waals surface area contributed by atoms with Gasteiger partial charge in [-0.25, -0.2) is 0 Å². The van der Waals surface area contributed by atoms with Gasteiger partial charge in [-0.05, 0) is 19.1 Å². The van der Waals surface area contributed by atoms with Gasteiger partial charge in [0.1, 0.15) is 0 Å². The van der Waals surface area contributed by atoms with E-state index in [0.29, 0.717) is 44.2 Å². The molecule has 0 spiro atoms. The molecule has 1 aromatic carbocycles. The molecular formula is C17H26N2O4. The molecule has 0 aromatic heterocycles. The number of hydrogen-bond donors (Lipinski definition) is 1. The molecule has 1 saturated heterocycles. The number of benzene rings is 1. The smallest absolute Gasteiger partial charge is 0.226 e. The average Bonchev–Trinajstić information content (AvgIpc) is 2.55. The summed E-state index contributed by atoms with van der Waals surface area (Å²) in [7, 11) is 1.60. The van der Waals surface area contributed by atoms with Gasteiger partial charge in [0.15, 0.2) is 11.5 Å². The largest absolute Gasteiger partial charge is 0.493 e. The minimum atomic E-state index is -0.327. The number of hydrogen-bond acceptors (Lipinski definition) is 5. The predicted octanol–water partition coefficient (Wildman–Crippen LogP) is 0.989. The Morgan fingerprint density at radius 3 is 2.48 bits per heavy atom. The van der Waals surface area contributed by atoms with E-state index < -0.39 is 0 Å². The number of amides is 1. The highest BCUT2D eigenvalue weighted by molar-refractivity contribution is 5.76. The molecule has 0 aliphatic carbocycles. The van der Waals surface area contributed by atoms with E-state index in [0.717, 1.165) is 13.1 Å². The monoisotopic (exact) mass is 322 g/mol. The van der Waals surface area contributed by atoms with E-state index in [-0.39, 0.29) is 12.0 Å². The second-order valence-corrected chi connectivity index (χ2v) is 5.78. The lowest BCUT2D eigenvalue weighted by Crippen LogP contribution is -2.50. The first kappa shape index (κ1) is 17.6. The number of piperazine rings is 1. The van der Waals surface area contributed by atoms with Crippen LogP contribution in [0.1, 0.15) is 13.3 Å². The zero-order chi connectivity index (χ0) is 16.7. The zero-order valence-corrected chi connectivity index (χ0v) is 13.9. The lowest BCUT2D eigenvalue weighted by molar-refractivity contribution is -0.133. The SMILES string of the molecule is COc1ccccc1OCCC(=O)N1CCN(CC(C)O)CC1. The van der Waals surface area contributed by atoms with Crippen LogP contribution < -0.4 is 9.47 Å². The third-order valence-corrected chi connectivity index (χ3v) is 3.89. The van der Waals surface area contributed by atoms with Gasteiger partial charge in [0.25, 0.3) is 0 Å². The van der Waals surface area contributed by atoms with Crippen molar-refractivity contribution in [2.75, 3.05) is 46.4 Å². The van der Waals surface area contributed by atoms with Gasteiger partial charge in [-0.3, -0.25) is 9.69 Å². The van der Waals surface area contributed by atoms with Crippen LogP contribution >= 0.6 is 0 Å². The number of β-amino-alcohol motifs (C(OH)–C–C–N with tert-alkyl or cyclic N) is 1. The van der Waals surface area contributed by atoms with Crippen molar-refractivity contribution >= 4 is 5.91 Å². The van der Waals surface area contributed by atoms with E-state index in [2.05, 4.69) is 4.90 Å². The molecule has 23 heavy (non-hydrogen) atoms. The maximum absolute atomic E-state index is 12.2. The molecule has 128 valence electrons. The van der Waals surface area contributed by atoms with Crippen LogP contribution in [0.4, 0.5) is 0 Å². The summed E-state index contributed by atoms with van der Waals surface area (Å²) >= 11 is 0. The van der Waals surface area contributed by atoms with Crippen molar-refractivity contribution in [3.8, 4) is 11.5 Å². The fourth-order valence-corrected chi connectivity index (χ4v) is 2.70. The van der Waals surface area contributed by atoms with Gasteiger partial charge in [-0.15, -0.1) is 0 Å². The van der Waals surface area contributed by atoms with E-state index in [1.165, 1.54) is 0 Å². The third kappa shape index (κ3) is 5.41. The Balaban J connectivity index is 1.71.